The highest BCUT2D eigenvalue weighted by Gasteiger charge is 2.19. The zero-order valence-corrected chi connectivity index (χ0v) is 17.7. The number of rotatable bonds is 11. The van der Waals surface area contributed by atoms with Gasteiger partial charge in [0.2, 0.25) is 5.91 Å². The number of ether oxygens (including phenoxy) is 1. The van der Waals surface area contributed by atoms with Crippen molar-refractivity contribution in [3.05, 3.63) is 41.1 Å². The lowest BCUT2D eigenvalue weighted by Crippen LogP contribution is -2.44. The van der Waals surface area contributed by atoms with E-state index in [-0.39, 0.29) is 25.0 Å². The van der Waals surface area contributed by atoms with E-state index in [0.29, 0.717) is 35.4 Å². The molecular formula is C20H27ClN4O4. The predicted octanol–water partition coefficient (Wildman–Crippen LogP) is 2.82. The van der Waals surface area contributed by atoms with Crippen LogP contribution in [0.4, 0.5) is 5.82 Å². The van der Waals surface area contributed by atoms with Gasteiger partial charge < -0.3 is 24.4 Å². The van der Waals surface area contributed by atoms with Gasteiger partial charge in [0.1, 0.15) is 18.1 Å². The number of anilines is 1. The molecule has 158 valence electrons. The van der Waals surface area contributed by atoms with E-state index in [2.05, 4.69) is 29.2 Å². The summed E-state index contributed by atoms with van der Waals surface area (Å²) in [6.45, 7) is 8.38. The zero-order valence-electron chi connectivity index (χ0n) is 17.0. The van der Waals surface area contributed by atoms with Crippen LogP contribution in [-0.4, -0.2) is 66.1 Å². The van der Waals surface area contributed by atoms with Crippen LogP contribution in [0, 0.1) is 6.92 Å². The predicted molar refractivity (Wildman–Crippen MR) is 111 cm³/mol. The third kappa shape index (κ3) is 7.75. The summed E-state index contributed by atoms with van der Waals surface area (Å²) < 4.78 is 10.5. The number of aryl methyl sites for hydroxylation is 1. The van der Waals surface area contributed by atoms with Crippen LogP contribution in [0.25, 0.3) is 0 Å². The molecule has 0 radical (unpaired) electrons. The van der Waals surface area contributed by atoms with E-state index in [1.54, 1.807) is 37.3 Å². The van der Waals surface area contributed by atoms with Crippen LogP contribution in [0.1, 0.15) is 19.6 Å². The minimum atomic E-state index is -0.349. The van der Waals surface area contributed by atoms with Crippen molar-refractivity contribution in [2.45, 2.75) is 20.8 Å². The van der Waals surface area contributed by atoms with Crippen LogP contribution in [0.2, 0.25) is 5.02 Å². The molecule has 1 aromatic heterocycles. The fraction of sp³-hybridized carbons (Fsp3) is 0.450. The maximum Gasteiger partial charge on any atom is 0.261 e. The van der Waals surface area contributed by atoms with Crippen molar-refractivity contribution < 1.29 is 18.8 Å². The third-order valence-corrected chi connectivity index (χ3v) is 4.59. The maximum atomic E-state index is 12.7. The van der Waals surface area contributed by atoms with Crippen LogP contribution in [0.15, 0.2) is 34.9 Å². The number of hydrogen-bond acceptors (Lipinski definition) is 6. The SMILES string of the molecule is CCN(CC)CCN(CC(=O)Nc1cc(C)on1)C(=O)COc1ccc(Cl)cc1. The molecular weight excluding hydrogens is 396 g/mol. The Morgan fingerprint density at radius 2 is 1.86 bits per heavy atom. The molecule has 9 heteroatoms. The average molecular weight is 423 g/mol. The maximum absolute atomic E-state index is 12.7. The molecule has 0 unspecified atom stereocenters. The lowest BCUT2D eigenvalue weighted by molar-refractivity contribution is -0.136. The topological polar surface area (TPSA) is 87.9 Å². The van der Waals surface area contributed by atoms with E-state index in [1.165, 1.54) is 4.90 Å². The van der Waals surface area contributed by atoms with Gasteiger partial charge in [-0.15, -0.1) is 0 Å². The molecule has 1 aromatic carbocycles. The molecule has 29 heavy (non-hydrogen) atoms. The van der Waals surface area contributed by atoms with Gasteiger partial charge in [0, 0.05) is 24.2 Å². The fourth-order valence-electron chi connectivity index (χ4n) is 2.64. The Bertz CT molecular complexity index is 790. The molecule has 2 rings (SSSR count). The Labute approximate surface area is 175 Å². The summed E-state index contributed by atoms with van der Waals surface area (Å²) >= 11 is 5.86. The van der Waals surface area contributed by atoms with E-state index in [0.717, 1.165) is 13.1 Å². The third-order valence-electron chi connectivity index (χ3n) is 4.34. The van der Waals surface area contributed by atoms with Crippen LogP contribution in [-0.2, 0) is 9.59 Å². The minimum Gasteiger partial charge on any atom is -0.484 e. The fourth-order valence-corrected chi connectivity index (χ4v) is 2.77. The summed E-state index contributed by atoms with van der Waals surface area (Å²) in [5.74, 6) is 0.817. The average Bonchev–Trinajstić information content (AvgIpc) is 3.11. The molecule has 1 N–H and O–H groups in total. The molecule has 0 spiro atoms. The highest BCUT2D eigenvalue weighted by atomic mass is 35.5. The Balaban J connectivity index is 1.97. The molecule has 0 fully saturated rings. The highest BCUT2D eigenvalue weighted by Crippen LogP contribution is 2.15. The van der Waals surface area contributed by atoms with Gasteiger partial charge in [-0.2, -0.15) is 0 Å². The van der Waals surface area contributed by atoms with Crippen molar-refractivity contribution in [2.75, 3.05) is 44.6 Å². The number of hydrogen-bond donors (Lipinski definition) is 1. The number of nitrogens with zero attached hydrogens (tertiary/aromatic N) is 3. The van der Waals surface area contributed by atoms with E-state index in [1.807, 2.05) is 0 Å². The summed E-state index contributed by atoms with van der Waals surface area (Å²) in [7, 11) is 0. The second-order valence-electron chi connectivity index (χ2n) is 6.46. The van der Waals surface area contributed by atoms with Crippen LogP contribution in [0.3, 0.4) is 0 Å². The number of aromatic nitrogens is 1. The number of amides is 2. The van der Waals surface area contributed by atoms with Crippen molar-refractivity contribution in [1.82, 2.24) is 15.0 Å². The molecule has 0 saturated carbocycles. The summed E-state index contributed by atoms with van der Waals surface area (Å²) in [4.78, 5) is 28.7. The first-order valence-corrected chi connectivity index (χ1v) is 9.90. The standard InChI is InChI=1S/C20H27ClN4O4/c1-4-24(5-2)10-11-25(13-19(26)22-18-12-15(3)29-23-18)20(27)14-28-17-8-6-16(21)7-9-17/h6-9,12H,4-5,10-11,13-14H2,1-3H3,(H,22,23,26). The molecule has 2 amide bonds. The number of halogens is 1. The summed E-state index contributed by atoms with van der Waals surface area (Å²) in [6, 6.07) is 8.37. The normalized spacial score (nSPS) is 10.8. The minimum absolute atomic E-state index is 0.101. The molecule has 0 aliphatic rings. The first kappa shape index (κ1) is 22.7. The Morgan fingerprint density at radius 1 is 1.17 bits per heavy atom. The van der Waals surface area contributed by atoms with E-state index in [9.17, 15) is 9.59 Å². The van der Waals surface area contributed by atoms with Crippen molar-refractivity contribution in [3.8, 4) is 5.75 Å². The quantitative estimate of drug-likeness (QED) is 0.599. The summed E-state index contributed by atoms with van der Waals surface area (Å²) in [5, 5.41) is 6.96. The van der Waals surface area contributed by atoms with Crippen molar-refractivity contribution in [1.29, 1.82) is 0 Å². The van der Waals surface area contributed by atoms with Crippen molar-refractivity contribution in [3.63, 3.8) is 0 Å². The molecule has 0 saturated heterocycles. The number of carbonyl (C=O) groups excluding carboxylic acids is 2. The number of nitrogens with one attached hydrogen (secondary N) is 1. The summed E-state index contributed by atoms with van der Waals surface area (Å²) in [6.07, 6.45) is 0. The van der Waals surface area contributed by atoms with Crippen molar-refractivity contribution >= 4 is 29.2 Å². The number of benzene rings is 1. The first-order chi connectivity index (χ1) is 13.9. The van der Waals surface area contributed by atoms with Gasteiger partial charge in [-0.3, -0.25) is 9.59 Å². The van der Waals surface area contributed by atoms with Gasteiger partial charge in [-0.25, -0.2) is 0 Å². The Morgan fingerprint density at radius 3 is 2.45 bits per heavy atom. The van der Waals surface area contributed by atoms with Crippen LogP contribution >= 0.6 is 11.6 Å². The van der Waals surface area contributed by atoms with Gasteiger partial charge >= 0.3 is 0 Å². The largest absolute Gasteiger partial charge is 0.484 e. The molecule has 0 bridgehead atoms. The van der Waals surface area contributed by atoms with Gasteiger partial charge in [0.05, 0.1) is 0 Å². The lowest BCUT2D eigenvalue weighted by Gasteiger charge is -2.26. The molecule has 1 heterocycles. The van der Waals surface area contributed by atoms with Crippen LogP contribution in [0.5, 0.6) is 5.75 Å². The highest BCUT2D eigenvalue weighted by molar-refractivity contribution is 6.30. The Kier molecular flexibility index (Phi) is 8.95. The lowest BCUT2D eigenvalue weighted by atomic mass is 10.3. The van der Waals surface area contributed by atoms with E-state index < -0.39 is 0 Å². The first-order valence-electron chi connectivity index (χ1n) is 9.53. The zero-order chi connectivity index (χ0) is 21.2. The second kappa shape index (κ2) is 11.4. The molecule has 0 aliphatic heterocycles. The molecule has 8 nitrogen and oxygen atoms in total. The smallest absolute Gasteiger partial charge is 0.261 e. The monoisotopic (exact) mass is 422 g/mol. The van der Waals surface area contributed by atoms with Crippen molar-refractivity contribution in [2.24, 2.45) is 0 Å². The molecule has 0 aliphatic carbocycles. The van der Waals surface area contributed by atoms with Gasteiger partial charge in [-0.1, -0.05) is 30.6 Å². The summed E-state index contributed by atoms with van der Waals surface area (Å²) in [5.41, 5.74) is 0. The van der Waals surface area contributed by atoms with Crippen LogP contribution < -0.4 is 10.1 Å². The second-order valence-corrected chi connectivity index (χ2v) is 6.89. The number of likely N-dealkylation sites (N-methyl/N-ethyl adjacent to an activating group) is 1. The van der Waals surface area contributed by atoms with E-state index in [4.69, 9.17) is 20.9 Å². The molecule has 0 atom stereocenters. The Hall–Kier alpha value is -2.58. The van der Waals surface area contributed by atoms with Gasteiger partial charge in [0.15, 0.2) is 12.4 Å². The van der Waals surface area contributed by atoms with E-state index >= 15 is 0 Å². The van der Waals surface area contributed by atoms with Gasteiger partial charge in [0.25, 0.3) is 5.91 Å². The number of carbonyl (C=O) groups is 2. The molecule has 2 aromatic rings. The van der Waals surface area contributed by atoms with Gasteiger partial charge in [-0.05, 0) is 44.3 Å².